The second-order valence-electron chi connectivity index (χ2n) is 4.02. The summed E-state index contributed by atoms with van der Waals surface area (Å²) in [5.74, 6) is -1.07. The Kier molecular flexibility index (Phi) is 3.31. The summed E-state index contributed by atoms with van der Waals surface area (Å²) in [6.07, 6.45) is -0.191. The Hall–Kier alpha value is -1.18. The number of hydrogen-bond donors (Lipinski definition) is 1. The number of nitrogens with two attached hydrogens (primary N) is 1. The summed E-state index contributed by atoms with van der Waals surface area (Å²) in [7, 11) is -3.78. The zero-order valence-electron chi connectivity index (χ0n) is 9.14. The van der Waals surface area contributed by atoms with Crippen molar-refractivity contribution in [1.29, 1.82) is 0 Å². The molecule has 8 heteroatoms. The van der Waals surface area contributed by atoms with E-state index in [1.54, 1.807) is 0 Å². The van der Waals surface area contributed by atoms with Crippen molar-refractivity contribution in [1.82, 2.24) is 0 Å². The summed E-state index contributed by atoms with van der Waals surface area (Å²) in [5.41, 5.74) is 0.271. The minimum absolute atomic E-state index is 0.0617. The van der Waals surface area contributed by atoms with Crippen molar-refractivity contribution in [3.63, 3.8) is 0 Å². The topological polar surface area (TPSA) is 80.5 Å². The van der Waals surface area contributed by atoms with Crippen molar-refractivity contribution in [3.05, 3.63) is 29.0 Å². The second kappa shape index (κ2) is 4.49. The molecule has 18 heavy (non-hydrogen) atoms. The standard InChI is InChI=1S/C10H10ClFN2O3S/c11-8-2-1-6(3-9(8)12)14-5-7(4-10(14)15)18(13,16)17/h1-3,7H,4-5H2,(H2,13,16,17). The lowest BCUT2D eigenvalue weighted by Crippen LogP contribution is -2.32. The number of nitrogens with zero attached hydrogens (tertiary/aromatic N) is 1. The van der Waals surface area contributed by atoms with Gasteiger partial charge in [0, 0.05) is 18.7 Å². The molecule has 1 aliphatic heterocycles. The number of rotatable bonds is 2. The van der Waals surface area contributed by atoms with Gasteiger partial charge in [-0.15, -0.1) is 0 Å². The number of sulfonamides is 1. The molecule has 1 amide bonds. The van der Waals surface area contributed by atoms with Gasteiger partial charge in [-0.3, -0.25) is 4.79 Å². The van der Waals surface area contributed by atoms with E-state index in [1.807, 2.05) is 0 Å². The van der Waals surface area contributed by atoms with Gasteiger partial charge in [-0.1, -0.05) is 11.6 Å². The predicted octanol–water partition coefficient (Wildman–Crippen LogP) is 0.873. The molecule has 2 N–H and O–H groups in total. The second-order valence-corrected chi connectivity index (χ2v) is 6.27. The third-order valence-electron chi connectivity index (χ3n) is 2.77. The van der Waals surface area contributed by atoms with Gasteiger partial charge in [0.25, 0.3) is 0 Å². The highest BCUT2D eigenvalue weighted by Gasteiger charge is 2.37. The lowest BCUT2D eigenvalue weighted by Gasteiger charge is -2.16. The minimum atomic E-state index is -3.78. The largest absolute Gasteiger partial charge is 0.311 e. The first-order chi connectivity index (χ1) is 8.29. The molecule has 1 saturated heterocycles. The molecular weight excluding hydrogens is 283 g/mol. The molecule has 2 rings (SSSR count). The van der Waals surface area contributed by atoms with Gasteiger partial charge in [-0.25, -0.2) is 17.9 Å². The van der Waals surface area contributed by atoms with Crippen molar-refractivity contribution in [2.24, 2.45) is 5.14 Å². The summed E-state index contributed by atoms with van der Waals surface area (Å²) >= 11 is 5.53. The van der Waals surface area contributed by atoms with Crippen LogP contribution in [0.4, 0.5) is 10.1 Å². The van der Waals surface area contributed by atoms with Crippen molar-refractivity contribution in [2.75, 3.05) is 11.4 Å². The molecule has 1 aromatic carbocycles. The number of amides is 1. The van der Waals surface area contributed by atoms with Crippen LogP contribution < -0.4 is 10.0 Å². The zero-order valence-corrected chi connectivity index (χ0v) is 10.7. The molecule has 1 aliphatic rings. The molecule has 0 spiro atoms. The number of carbonyl (C=O) groups is 1. The van der Waals surface area contributed by atoms with Gasteiger partial charge >= 0.3 is 0 Å². The van der Waals surface area contributed by atoms with Crippen molar-refractivity contribution >= 4 is 33.2 Å². The average molecular weight is 293 g/mol. The predicted molar refractivity (Wildman–Crippen MR) is 65.3 cm³/mol. The van der Waals surface area contributed by atoms with Crippen LogP contribution in [0.2, 0.25) is 5.02 Å². The van der Waals surface area contributed by atoms with Crippen LogP contribution in [-0.2, 0) is 14.8 Å². The fourth-order valence-electron chi connectivity index (χ4n) is 1.80. The average Bonchev–Trinajstić information content (AvgIpc) is 2.64. The van der Waals surface area contributed by atoms with Gasteiger partial charge in [0.15, 0.2) is 0 Å². The Morgan fingerprint density at radius 2 is 2.11 bits per heavy atom. The Labute approximate surface area is 108 Å². The summed E-state index contributed by atoms with van der Waals surface area (Å²) in [6.45, 7) is -0.0707. The first-order valence-electron chi connectivity index (χ1n) is 5.06. The molecule has 1 fully saturated rings. The molecule has 98 valence electrons. The summed E-state index contributed by atoms with van der Waals surface area (Å²) in [5, 5.41) is 3.98. The van der Waals surface area contributed by atoms with Crippen LogP contribution in [0.15, 0.2) is 18.2 Å². The Morgan fingerprint density at radius 3 is 2.61 bits per heavy atom. The highest BCUT2D eigenvalue weighted by atomic mass is 35.5. The van der Waals surface area contributed by atoms with Crippen LogP contribution >= 0.6 is 11.6 Å². The highest BCUT2D eigenvalue weighted by Crippen LogP contribution is 2.27. The van der Waals surface area contributed by atoms with Crippen LogP contribution in [0, 0.1) is 5.82 Å². The number of carbonyl (C=O) groups excluding carboxylic acids is 1. The van der Waals surface area contributed by atoms with Gasteiger partial charge in [0.2, 0.25) is 15.9 Å². The van der Waals surface area contributed by atoms with Gasteiger partial charge < -0.3 is 4.90 Å². The lowest BCUT2D eigenvalue weighted by atomic mass is 10.3. The molecule has 5 nitrogen and oxygen atoms in total. The first-order valence-corrected chi connectivity index (χ1v) is 7.05. The normalized spacial score (nSPS) is 20.5. The molecule has 1 aromatic rings. The third kappa shape index (κ3) is 2.47. The van der Waals surface area contributed by atoms with E-state index in [-0.39, 0.29) is 23.7 Å². The molecule has 0 saturated carbocycles. The van der Waals surface area contributed by atoms with E-state index in [4.69, 9.17) is 16.7 Å². The maximum Gasteiger partial charge on any atom is 0.228 e. The number of anilines is 1. The van der Waals surface area contributed by atoms with E-state index in [9.17, 15) is 17.6 Å². The third-order valence-corrected chi connectivity index (χ3v) is 4.32. The fraction of sp³-hybridized carbons (Fsp3) is 0.300. The van der Waals surface area contributed by atoms with Crippen LogP contribution in [0.25, 0.3) is 0 Å². The SMILES string of the molecule is NS(=O)(=O)C1CC(=O)N(c2ccc(Cl)c(F)c2)C1. The van der Waals surface area contributed by atoms with E-state index in [0.717, 1.165) is 6.07 Å². The quantitative estimate of drug-likeness (QED) is 0.878. The van der Waals surface area contributed by atoms with Gasteiger partial charge in [-0.2, -0.15) is 0 Å². The van der Waals surface area contributed by atoms with Gasteiger partial charge in [-0.05, 0) is 18.2 Å². The Morgan fingerprint density at radius 1 is 1.44 bits per heavy atom. The van der Waals surface area contributed by atoms with Crippen LogP contribution in [0.3, 0.4) is 0 Å². The number of benzene rings is 1. The molecule has 0 aromatic heterocycles. The minimum Gasteiger partial charge on any atom is -0.311 e. The molecule has 1 atom stereocenters. The maximum atomic E-state index is 13.3. The van der Waals surface area contributed by atoms with E-state index in [2.05, 4.69) is 0 Å². The molecule has 1 heterocycles. The maximum absolute atomic E-state index is 13.3. The fourth-order valence-corrected chi connectivity index (χ4v) is 2.65. The van der Waals surface area contributed by atoms with Crippen molar-refractivity contribution in [3.8, 4) is 0 Å². The van der Waals surface area contributed by atoms with E-state index >= 15 is 0 Å². The molecule has 0 radical (unpaired) electrons. The monoisotopic (exact) mass is 292 g/mol. The van der Waals surface area contributed by atoms with Gasteiger partial charge in [0.05, 0.1) is 5.02 Å². The molecule has 0 bridgehead atoms. The molecular formula is C10H10ClFN2O3S. The van der Waals surface area contributed by atoms with E-state index in [0.29, 0.717) is 0 Å². The Bertz CT molecular complexity index is 605. The summed E-state index contributed by atoms with van der Waals surface area (Å²) in [6, 6.07) is 3.85. The zero-order chi connectivity index (χ0) is 13.5. The smallest absolute Gasteiger partial charge is 0.228 e. The highest BCUT2D eigenvalue weighted by molar-refractivity contribution is 7.89. The Balaban J connectivity index is 2.30. The summed E-state index contributed by atoms with van der Waals surface area (Å²) in [4.78, 5) is 12.9. The van der Waals surface area contributed by atoms with E-state index < -0.39 is 27.0 Å². The van der Waals surface area contributed by atoms with Crippen LogP contribution in [0.1, 0.15) is 6.42 Å². The van der Waals surface area contributed by atoms with Crippen molar-refractivity contribution < 1.29 is 17.6 Å². The number of hydrogen-bond acceptors (Lipinski definition) is 3. The lowest BCUT2D eigenvalue weighted by molar-refractivity contribution is -0.117. The molecule has 0 aliphatic carbocycles. The van der Waals surface area contributed by atoms with E-state index in [1.165, 1.54) is 17.0 Å². The number of primary sulfonamides is 1. The first kappa shape index (κ1) is 13.3. The summed E-state index contributed by atoms with van der Waals surface area (Å²) < 4.78 is 35.6. The van der Waals surface area contributed by atoms with Crippen molar-refractivity contribution in [2.45, 2.75) is 11.7 Å². The molecule has 1 unspecified atom stereocenters. The number of halogens is 2. The van der Waals surface area contributed by atoms with Gasteiger partial charge in [0.1, 0.15) is 11.1 Å². The van der Waals surface area contributed by atoms with Crippen LogP contribution in [0.5, 0.6) is 0 Å². The van der Waals surface area contributed by atoms with Crippen LogP contribution in [-0.4, -0.2) is 26.1 Å².